The second-order valence-electron chi connectivity index (χ2n) is 4.63. The molecule has 1 aliphatic heterocycles. The molecule has 7 heteroatoms. The van der Waals surface area contributed by atoms with Crippen LogP contribution in [0.2, 0.25) is 0 Å². The third-order valence-corrected chi connectivity index (χ3v) is 3.56. The molecule has 0 saturated carbocycles. The van der Waals surface area contributed by atoms with E-state index in [4.69, 9.17) is 14.2 Å². The van der Waals surface area contributed by atoms with Gasteiger partial charge in [0, 0.05) is 12.5 Å². The van der Waals surface area contributed by atoms with Crippen molar-refractivity contribution in [2.24, 2.45) is 5.92 Å². The first-order valence-corrected chi connectivity index (χ1v) is 6.33. The molecular formula is C14H17NO6. The van der Waals surface area contributed by atoms with Crippen molar-refractivity contribution in [2.45, 2.75) is 5.92 Å². The second kappa shape index (κ2) is 5.90. The van der Waals surface area contributed by atoms with Gasteiger partial charge in [-0.15, -0.1) is 0 Å². The summed E-state index contributed by atoms with van der Waals surface area (Å²) < 4.78 is 15.7. The van der Waals surface area contributed by atoms with E-state index in [0.717, 1.165) is 0 Å². The molecule has 1 aromatic carbocycles. The van der Waals surface area contributed by atoms with Crippen LogP contribution < -0.4 is 19.5 Å². The molecule has 0 aromatic heterocycles. The molecule has 2 N–H and O–H groups in total. The number of ether oxygens (including phenoxy) is 3. The van der Waals surface area contributed by atoms with Gasteiger partial charge in [-0.2, -0.15) is 0 Å². The lowest BCUT2D eigenvalue weighted by molar-refractivity contribution is -0.145. The van der Waals surface area contributed by atoms with E-state index in [-0.39, 0.29) is 6.54 Å². The molecule has 21 heavy (non-hydrogen) atoms. The van der Waals surface area contributed by atoms with Gasteiger partial charge in [0.25, 0.3) is 0 Å². The van der Waals surface area contributed by atoms with Crippen molar-refractivity contribution >= 4 is 11.9 Å². The zero-order chi connectivity index (χ0) is 15.6. The van der Waals surface area contributed by atoms with Crippen LogP contribution in [0.15, 0.2) is 12.1 Å². The van der Waals surface area contributed by atoms with Crippen molar-refractivity contribution in [1.82, 2.24) is 5.32 Å². The van der Waals surface area contributed by atoms with E-state index in [1.165, 1.54) is 21.3 Å². The highest BCUT2D eigenvalue weighted by atomic mass is 16.5. The Bertz CT molecular complexity index is 546. The monoisotopic (exact) mass is 295 g/mol. The molecule has 7 nitrogen and oxygen atoms in total. The minimum Gasteiger partial charge on any atom is -0.493 e. The van der Waals surface area contributed by atoms with Gasteiger partial charge in [0.1, 0.15) is 5.92 Å². The van der Waals surface area contributed by atoms with Crippen LogP contribution in [0.1, 0.15) is 11.5 Å². The fourth-order valence-corrected chi connectivity index (χ4v) is 2.53. The van der Waals surface area contributed by atoms with Gasteiger partial charge in [-0.05, 0) is 17.7 Å². The first-order chi connectivity index (χ1) is 10.0. The Morgan fingerprint density at radius 2 is 1.76 bits per heavy atom. The molecule has 1 fully saturated rings. The van der Waals surface area contributed by atoms with Crippen LogP contribution in [0.3, 0.4) is 0 Å². The number of methoxy groups -OCH3 is 3. The number of carbonyl (C=O) groups excluding carboxylic acids is 1. The van der Waals surface area contributed by atoms with Crippen LogP contribution in [-0.4, -0.2) is 44.9 Å². The van der Waals surface area contributed by atoms with Crippen molar-refractivity contribution in [2.75, 3.05) is 27.9 Å². The van der Waals surface area contributed by atoms with E-state index in [1.807, 2.05) is 0 Å². The van der Waals surface area contributed by atoms with Gasteiger partial charge < -0.3 is 24.6 Å². The Balaban J connectivity index is 2.49. The van der Waals surface area contributed by atoms with Gasteiger partial charge in [-0.3, -0.25) is 9.59 Å². The van der Waals surface area contributed by atoms with Crippen molar-refractivity contribution in [3.63, 3.8) is 0 Å². The molecule has 0 radical (unpaired) electrons. The second-order valence-corrected chi connectivity index (χ2v) is 4.63. The summed E-state index contributed by atoms with van der Waals surface area (Å²) in [6.07, 6.45) is 0. The molecule has 1 saturated heterocycles. The molecule has 1 amide bonds. The van der Waals surface area contributed by atoms with Crippen LogP contribution >= 0.6 is 0 Å². The van der Waals surface area contributed by atoms with Crippen LogP contribution in [-0.2, 0) is 9.59 Å². The summed E-state index contributed by atoms with van der Waals surface area (Å²) in [6, 6.07) is 3.34. The largest absolute Gasteiger partial charge is 0.493 e. The highest BCUT2D eigenvalue weighted by Gasteiger charge is 2.41. The summed E-state index contributed by atoms with van der Waals surface area (Å²) in [7, 11) is 4.45. The van der Waals surface area contributed by atoms with Crippen LogP contribution in [0.5, 0.6) is 17.2 Å². The summed E-state index contributed by atoms with van der Waals surface area (Å²) in [5, 5.41) is 11.8. The third-order valence-electron chi connectivity index (χ3n) is 3.56. The Morgan fingerprint density at radius 3 is 2.19 bits per heavy atom. The number of hydrogen-bond acceptors (Lipinski definition) is 5. The molecule has 1 aliphatic rings. The smallest absolute Gasteiger partial charge is 0.316 e. The van der Waals surface area contributed by atoms with E-state index in [1.54, 1.807) is 12.1 Å². The molecule has 2 atom stereocenters. The van der Waals surface area contributed by atoms with Gasteiger partial charge >= 0.3 is 5.97 Å². The molecule has 0 bridgehead atoms. The molecule has 1 aromatic rings. The zero-order valence-corrected chi connectivity index (χ0v) is 12.0. The van der Waals surface area contributed by atoms with Gasteiger partial charge in [-0.25, -0.2) is 0 Å². The summed E-state index contributed by atoms with van der Waals surface area (Å²) >= 11 is 0. The number of carbonyl (C=O) groups is 2. The first kappa shape index (κ1) is 15.0. The number of benzene rings is 1. The fraction of sp³-hybridized carbons (Fsp3) is 0.429. The van der Waals surface area contributed by atoms with E-state index in [2.05, 4.69) is 5.32 Å². The number of carboxylic acid groups (broad SMARTS) is 1. The van der Waals surface area contributed by atoms with E-state index < -0.39 is 23.7 Å². The minimum atomic E-state index is -1.15. The number of carboxylic acids is 1. The van der Waals surface area contributed by atoms with Gasteiger partial charge in [0.15, 0.2) is 11.5 Å². The predicted molar refractivity (Wildman–Crippen MR) is 73.0 cm³/mol. The normalized spacial score (nSPS) is 20.8. The Kier molecular flexibility index (Phi) is 4.21. The highest BCUT2D eigenvalue weighted by Crippen LogP contribution is 2.42. The van der Waals surface area contributed by atoms with Crippen molar-refractivity contribution < 1.29 is 28.9 Å². The van der Waals surface area contributed by atoms with Gasteiger partial charge in [-0.1, -0.05) is 0 Å². The van der Waals surface area contributed by atoms with Crippen LogP contribution in [0.25, 0.3) is 0 Å². The van der Waals surface area contributed by atoms with Crippen LogP contribution in [0, 0.1) is 5.92 Å². The maximum absolute atomic E-state index is 11.7. The molecular weight excluding hydrogens is 278 g/mol. The Hall–Kier alpha value is -2.44. The molecule has 0 unspecified atom stereocenters. The average molecular weight is 295 g/mol. The number of rotatable bonds is 5. The quantitative estimate of drug-likeness (QED) is 0.774. The number of amides is 1. The van der Waals surface area contributed by atoms with Crippen molar-refractivity contribution in [3.05, 3.63) is 17.7 Å². The van der Waals surface area contributed by atoms with Gasteiger partial charge in [0.05, 0.1) is 21.3 Å². The van der Waals surface area contributed by atoms with Crippen LogP contribution in [0.4, 0.5) is 0 Å². The summed E-state index contributed by atoms with van der Waals surface area (Å²) in [5.74, 6) is -1.96. The zero-order valence-electron chi connectivity index (χ0n) is 12.0. The maximum atomic E-state index is 11.7. The molecule has 2 rings (SSSR count). The molecule has 1 heterocycles. The fourth-order valence-electron chi connectivity index (χ4n) is 2.53. The lowest BCUT2D eigenvalue weighted by Crippen LogP contribution is -2.26. The SMILES string of the molecule is COc1cc([C@@H]2CNC(=O)[C@@H]2C(=O)O)cc(OC)c1OC. The van der Waals surface area contributed by atoms with E-state index in [0.29, 0.717) is 22.8 Å². The Labute approximate surface area is 121 Å². The lowest BCUT2D eigenvalue weighted by Gasteiger charge is -2.18. The van der Waals surface area contributed by atoms with Gasteiger partial charge in [0.2, 0.25) is 11.7 Å². The third kappa shape index (κ3) is 2.58. The molecule has 114 valence electrons. The highest BCUT2D eigenvalue weighted by molar-refractivity contribution is 6.00. The maximum Gasteiger partial charge on any atom is 0.316 e. The van der Waals surface area contributed by atoms with Crippen molar-refractivity contribution in [1.29, 1.82) is 0 Å². The summed E-state index contributed by atoms with van der Waals surface area (Å²) in [4.78, 5) is 22.9. The minimum absolute atomic E-state index is 0.258. The topological polar surface area (TPSA) is 94.1 Å². The molecule has 0 aliphatic carbocycles. The predicted octanol–water partition coefficient (Wildman–Crippen LogP) is 0.627. The number of aliphatic carboxylic acids is 1. The molecule has 0 spiro atoms. The number of nitrogens with one attached hydrogen (secondary N) is 1. The first-order valence-electron chi connectivity index (χ1n) is 6.33. The average Bonchev–Trinajstić information content (AvgIpc) is 2.87. The summed E-state index contributed by atoms with van der Waals surface area (Å²) in [5.41, 5.74) is 0.648. The standard InChI is InChI=1S/C14H17NO6/c1-19-9-4-7(5-10(20-2)12(9)21-3)8-6-15-13(16)11(8)14(17)18/h4-5,8,11H,6H2,1-3H3,(H,15,16)(H,17,18)/t8-,11+/m0/s1. The summed E-state index contributed by atoms with van der Waals surface area (Å²) in [6.45, 7) is 0.258. The lowest BCUT2D eigenvalue weighted by atomic mass is 9.88. The Morgan fingerprint density at radius 1 is 1.19 bits per heavy atom. The van der Waals surface area contributed by atoms with E-state index >= 15 is 0 Å². The van der Waals surface area contributed by atoms with E-state index in [9.17, 15) is 14.7 Å². The van der Waals surface area contributed by atoms with Crippen molar-refractivity contribution in [3.8, 4) is 17.2 Å². The number of hydrogen-bond donors (Lipinski definition) is 2.